The summed E-state index contributed by atoms with van der Waals surface area (Å²) in [5.41, 5.74) is 0. The Labute approximate surface area is 78.4 Å². The minimum atomic E-state index is 0. The second kappa shape index (κ2) is 34.3. The summed E-state index contributed by atoms with van der Waals surface area (Å²) in [5, 5.41) is 0. The molecule has 5 heavy (non-hydrogen) atoms. The summed E-state index contributed by atoms with van der Waals surface area (Å²) in [6.07, 6.45) is 0. The second-order valence-electron chi connectivity index (χ2n) is 0. The molecule has 0 rings (SSSR count). The maximum Gasteiger partial charge on any atom is 0 e. The zero-order valence-electron chi connectivity index (χ0n) is 1.95. The normalized spacial score (nSPS) is 1.00. The molecule has 0 aromatic carbocycles. The minimum Gasteiger partial charge on any atom is 0 e. The molecular formula is CoCuMoOTi. The maximum absolute atomic E-state index is 7.94. The molecule has 0 amide bonds. The van der Waals surface area contributed by atoms with Gasteiger partial charge in [0.05, 0.1) is 0 Å². The van der Waals surface area contributed by atoms with Gasteiger partial charge in [-0.25, -0.2) is 0 Å². The fourth-order valence-corrected chi connectivity index (χ4v) is 0. The third-order valence-electron chi connectivity index (χ3n) is 0. The summed E-state index contributed by atoms with van der Waals surface area (Å²) in [6.45, 7) is 0. The van der Waals surface area contributed by atoms with Crippen LogP contribution in [-0.2, 0) is 79.4 Å². The Morgan fingerprint density at radius 1 is 1.20 bits per heavy atom. The molecule has 0 saturated heterocycles. The third-order valence-corrected chi connectivity index (χ3v) is 0. The van der Waals surface area contributed by atoms with Gasteiger partial charge in [-0.15, -0.1) is 0 Å². The number of hydrogen-bond donors (Lipinski definition) is 0. The van der Waals surface area contributed by atoms with E-state index < -0.39 is 0 Å². The molecule has 0 saturated carbocycles. The molecule has 0 aliphatic rings. The van der Waals surface area contributed by atoms with E-state index in [2.05, 4.69) is 15.7 Å². The molecule has 0 N–H and O–H groups in total. The van der Waals surface area contributed by atoms with Crippen molar-refractivity contribution in [3.05, 3.63) is 0 Å². The van der Waals surface area contributed by atoms with Crippen LogP contribution in [0.15, 0.2) is 0 Å². The van der Waals surface area contributed by atoms with E-state index in [0.29, 0.717) is 0 Å². The SMILES string of the molecule is [Cu].[Mo].[O]=[Co].[Ti]. The van der Waals surface area contributed by atoms with Crippen molar-refractivity contribution < 1.29 is 79.4 Å². The monoisotopic (exact) mass is 284 g/mol. The van der Waals surface area contributed by atoms with Gasteiger partial charge in [-0.05, 0) is 0 Å². The first-order valence-electron chi connectivity index (χ1n) is 0.136. The Hall–Kier alpha value is 2.23. The van der Waals surface area contributed by atoms with Gasteiger partial charge in [0.2, 0.25) is 0 Å². The molecule has 0 heterocycles. The van der Waals surface area contributed by atoms with E-state index in [1.54, 1.807) is 0 Å². The molecule has 0 aromatic heterocycles. The standard InChI is InChI=1S/Co.Cu.Mo.O.Ti. The molecular weight excluding hydrogens is 282 g/mol. The minimum absolute atomic E-state index is 0. The molecule has 0 aliphatic carbocycles. The van der Waals surface area contributed by atoms with E-state index in [9.17, 15) is 0 Å². The Morgan fingerprint density at radius 2 is 1.20 bits per heavy atom. The Kier molecular flexibility index (Phi) is 184. The van der Waals surface area contributed by atoms with Crippen molar-refractivity contribution >= 4 is 0 Å². The second-order valence-corrected chi connectivity index (χ2v) is 0. The Balaban J connectivity index is -0.00000000167. The van der Waals surface area contributed by atoms with Crippen molar-refractivity contribution in [2.75, 3.05) is 0 Å². The summed E-state index contributed by atoms with van der Waals surface area (Å²) in [4.78, 5) is 0. The fourth-order valence-electron chi connectivity index (χ4n) is 0. The van der Waals surface area contributed by atoms with Gasteiger partial charge in [-0.3, -0.25) is 0 Å². The van der Waals surface area contributed by atoms with Crippen molar-refractivity contribution in [3.8, 4) is 0 Å². The van der Waals surface area contributed by atoms with Crippen LogP contribution in [-0.4, -0.2) is 0 Å². The van der Waals surface area contributed by atoms with Crippen molar-refractivity contribution in [1.82, 2.24) is 0 Å². The average Bonchev–Trinajstić information content (AvgIpc) is 1.00. The predicted molar refractivity (Wildman–Crippen MR) is 0.686 cm³/mol. The summed E-state index contributed by atoms with van der Waals surface area (Å²) >= 11 is 2.31. The first-order valence-corrected chi connectivity index (χ1v) is 0.561. The van der Waals surface area contributed by atoms with Gasteiger partial charge in [0, 0.05) is 59.9 Å². The summed E-state index contributed by atoms with van der Waals surface area (Å²) < 4.78 is 7.94. The molecule has 0 spiro atoms. The van der Waals surface area contributed by atoms with Crippen molar-refractivity contribution in [1.29, 1.82) is 0 Å². The third kappa shape index (κ3) is 22.4. The van der Waals surface area contributed by atoms with Gasteiger partial charge in [-0.2, -0.15) is 0 Å². The molecule has 1 radical (unpaired) electrons. The van der Waals surface area contributed by atoms with Crippen LogP contribution in [0, 0.1) is 0 Å². The molecule has 1 nitrogen and oxygen atoms in total. The largest absolute Gasteiger partial charge is 0 e. The van der Waals surface area contributed by atoms with Gasteiger partial charge in [0.25, 0.3) is 0 Å². The predicted octanol–water partition coefficient (Wildman–Crippen LogP) is -0.129. The molecule has 0 unspecified atom stereocenters. The van der Waals surface area contributed by atoms with Gasteiger partial charge in [-0.1, -0.05) is 0 Å². The van der Waals surface area contributed by atoms with Crippen LogP contribution in [0.3, 0.4) is 0 Å². The fraction of sp³-hybridized carbons (Fsp3) is 0. The van der Waals surface area contributed by atoms with E-state index in [-0.39, 0.29) is 59.9 Å². The Morgan fingerprint density at radius 3 is 1.20 bits per heavy atom. The van der Waals surface area contributed by atoms with Crippen LogP contribution in [0.1, 0.15) is 0 Å². The summed E-state index contributed by atoms with van der Waals surface area (Å²) in [7, 11) is 0. The molecule has 0 aromatic rings. The number of hydrogen-bond acceptors (Lipinski definition) is 1. The molecule has 0 fully saturated rings. The summed E-state index contributed by atoms with van der Waals surface area (Å²) in [5.74, 6) is 0. The zero-order chi connectivity index (χ0) is 2.00. The quantitative estimate of drug-likeness (QED) is 0.566. The van der Waals surface area contributed by atoms with Crippen molar-refractivity contribution in [2.24, 2.45) is 0 Å². The van der Waals surface area contributed by atoms with E-state index in [4.69, 9.17) is 3.87 Å². The van der Waals surface area contributed by atoms with E-state index in [1.165, 1.54) is 0 Å². The smallest absolute Gasteiger partial charge is 0 e. The average molecular weight is 282 g/mol. The topological polar surface area (TPSA) is 17.1 Å². The molecule has 0 bridgehead atoms. The number of rotatable bonds is 0. The first-order chi connectivity index (χ1) is 1.00. The van der Waals surface area contributed by atoms with Gasteiger partial charge < -0.3 is 0 Å². The van der Waals surface area contributed by atoms with E-state index in [1.807, 2.05) is 0 Å². The van der Waals surface area contributed by atoms with E-state index in [0.717, 1.165) is 0 Å². The van der Waals surface area contributed by atoms with Crippen molar-refractivity contribution in [3.63, 3.8) is 0 Å². The van der Waals surface area contributed by atoms with Crippen LogP contribution in [0.4, 0.5) is 0 Å². The zero-order valence-corrected chi connectivity index (χ0v) is 7.50. The van der Waals surface area contributed by atoms with Crippen LogP contribution in [0.25, 0.3) is 0 Å². The van der Waals surface area contributed by atoms with Crippen LogP contribution in [0.5, 0.6) is 0 Å². The molecule has 36 valence electrons. The van der Waals surface area contributed by atoms with Gasteiger partial charge in [0.1, 0.15) is 0 Å². The van der Waals surface area contributed by atoms with Crippen LogP contribution in [0.2, 0.25) is 0 Å². The molecule has 0 atom stereocenters. The molecule has 5 heteroatoms. The Bertz CT molecular complexity index is 11.6. The van der Waals surface area contributed by atoms with Gasteiger partial charge in [0.15, 0.2) is 0 Å². The van der Waals surface area contributed by atoms with Crippen molar-refractivity contribution in [2.45, 2.75) is 0 Å². The first kappa shape index (κ1) is 26.9. The van der Waals surface area contributed by atoms with Crippen LogP contribution < -0.4 is 0 Å². The van der Waals surface area contributed by atoms with E-state index >= 15 is 0 Å². The van der Waals surface area contributed by atoms with Crippen LogP contribution >= 0.6 is 0 Å². The molecule has 0 aliphatic heterocycles. The maximum atomic E-state index is 7.94. The summed E-state index contributed by atoms with van der Waals surface area (Å²) in [6, 6.07) is 0. The van der Waals surface area contributed by atoms with Gasteiger partial charge >= 0.3 is 19.5 Å².